The summed E-state index contributed by atoms with van der Waals surface area (Å²) in [6.07, 6.45) is 1.07. The molecule has 2 rings (SSSR count). The number of benzene rings is 2. The van der Waals surface area contributed by atoms with Crippen molar-refractivity contribution in [2.24, 2.45) is 0 Å². The number of para-hydroxylation sites is 1. The molecule has 2 aromatic rings. The van der Waals surface area contributed by atoms with E-state index in [0.29, 0.717) is 16.9 Å². The van der Waals surface area contributed by atoms with Gasteiger partial charge in [0.25, 0.3) is 5.91 Å². The Balaban J connectivity index is 2.08. The fourth-order valence-corrected chi connectivity index (χ4v) is 2.19. The van der Waals surface area contributed by atoms with E-state index in [2.05, 4.69) is 10.0 Å². The highest BCUT2D eigenvalue weighted by Crippen LogP contribution is 2.13. The molecular formula is C14H14N2O3S. The van der Waals surface area contributed by atoms with E-state index in [-0.39, 0.29) is 5.91 Å². The SMILES string of the molecule is CS(=O)(=O)Nc1ccc(C(=O)Nc2ccccc2)cc1. The normalized spacial score (nSPS) is 10.8. The van der Waals surface area contributed by atoms with Gasteiger partial charge in [-0.3, -0.25) is 9.52 Å². The lowest BCUT2D eigenvalue weighted by Crippen LogP contribution is -2.12. The maximum atomic E-state index is 12.0. The molecule has 104 valence electrons. The van der Waals surface area contributed by atoms with Crippen molar-refractivity contribution >= 4 is 27.3 Å². The number of carbonyl (C=O) groups excluding carboxylic acids is 1. The van der Waals surface area contributed by atoms with Gasteiger partial charge in [0.15, 0.2) is 0 Å². The first-order chi connectivity index (χ1) is 9.44. The van der Waals surface area contributed by atoms with Crippen LogP contribution in [-0.2, 0) is 10.0 Å². The summed E-state index contributed by atoms with van der Waals surface area (Å²) in [6.45, 7) is 0. The average molecular weight is 290 g/mol. The molecule has 0 aliphatic carbocycles. The molecule has 0 saturated heterocycles. The Bertz CT molecular complexity index is 695. The van der Waals surface area contributed by atoms with Crippen LogP contribution in [0.4, 0.5) is 11.4 Å². The lowest BCUT2D eigenvalue weighted by atomic mass is 10.2. The van der Waals surface area contributed by atoms with Crippen molar-refractivity contribution in [1.29, 1.82) is 0 Å². The number of sulfonamides is 1. The number of rotatable bonds is 4. The molecule has 0 saturated carbocycles. The van der Waals surface area contributed by atoms with Crippen molar-refractivity contribution in [3.8, 4) is 0 Å². The van der Waals surface area contributed by atoms with Crippen LogP contribution in [0.3, 0.4) is 0 Å². The van der Waals surface area contributed by atoms with Crippen LogP contribution in [0, 0.1) is 0 Å². The van der Waals surface area contributed by atoms with E-state index in [1.54, 1.807) is 36.4 Å². The molecule has 6 heteroatoms. The second kappa shape index (κ2) is 5.75. The summed E-state index contributed by atoms with van der Waals surface area (Å²) in [5.74, 6) is -0.248. The van der Waals surface area contributed by atoms with E-state index in [4.69, 9.17) is 0 Å². The summed E-state index contributed by atoms with van der Waals surface area (Å²) in [7, 11) is -3.31. The molecule has 2 aromatic carbocycles. The average Bonchev–Trinajstić information content (AvgIpc) is 2.39. The summed E-state index contributed by atoms with van der Waals surface area (Å²) in [5, 5.41) is 2.75. The van der Waals surface area contributed by atoms with Gasteiger partial charge in [0.05, 0.1) is 6.26 Å². The molecule has 0 spiro atoms. The minimum Gasteiger partial charge on any atom is -0.322 e. The molecule has 0 bridgehead atoms. The number of amides is 1. The van der Waals surface area contributed by atoms with E-state index < -0.39 is 10.0 Å². The van der Waals surface area contributed by atoms with Crippen LogP contribution in [0.15, 0.2) is 54.6 Å². The van der Waals surface area contributed by atoms with E-state index in [9.17, 15) is 13.2 Å². The predicted molar refractivity (Wildman–Crippen MR) is 79.3 cm³/mol. The van der Waals surface area contributed by atoms with Gasteiger partial charge in [-0.05, 0) is 36.4 Å². The first-order valence-corrected chi connectivity index (χ1v) is 7.77. The molecule has 20 heavy (non-hydrogen) atoms. The highest BCUT2D eigenvalue weighted by atomic mass is 32.2. The highest BCUT2D eigenvalue weighted by molar-refractivity contribution is 7.92. The standard InChI is InChI=1S/C14H14N2O3S/c1-20(18,19)16-13-9-7-11(8-10-13)14(17)15-12-5-3-2-4-6-12/h2-10,16H,1H3,(H,15,17). The van der Waals surface area contributed by atoms with Gasteiger partial charge >= 0.3 is 0 Å². The van der Waals surface area contributed by atoms with E-state index in [1.165, 1.54) is 0 Å². The molecule has 0 fully saturated rings. The van der Waals surface area contributed by atoms with Crippen molar-refractivity contribution in [2.75, 3.05) is 16.3 Å². The topological polar surface area (TPSA) is 75.3 Å². The van der Waals surface area contributed by atoms with Gasteiger partial charge < -0.3 is 5.32 Å². The van der Waals surface area contributed by atoms with Crippen LogP contribution in [0.2, 0.25) is 0 Å². The molecule has 5 nitrogen and oxygen atoms in total. The molecule has 0 heterocycles. The summed E-state index contributed by atoms with van der Waals surface area (Å²) < 4.78 is 24.5. The van der Waals surface area contributed by atoms with Gasteiger partial charge in [-0.15, -0.1) is 0 Å². The lowest BCUT2D eigenvalue weighted by Gasteiger charge is -2.07. The lowest BCUT2D eigenvalue weighted by molar-refractivity contribution is 0.102. The van der Waals surface area contributed by atoms with E-state index in [1.807, 2.05) is 18.2 Å². The first kappa shape index (κ1) is 14.1. The third kappa shape index (κ3) is 4.10. The second-order valence-corrected chi connectivity index (χ2v) is 6.02. The van der Waals surface area contributed by atoms with Crippen LogP contribution >= 0.6 is 0 Å². The van der Waals surface area contributed by atoms with Crippen LogP contribution in [-0.4, -0.2) is 20.6 Å². The third-order valence-corrected chi connectivity index (χ3v) is 3.09. The smallest absolute Gasteiger partial charge is 0.255 e. The zero-order chi connectivity index (χ0) is 14.6. The number of anilines is 2. The highest BCUT2D eigenvalue weighted by Gasteiger charge is 2.07. The quantitative estimate of drug-likeness (QED) is 0.907. The van der Waals surface area contributed by atoms with Gasteiger partial charge in [-0.2, -0.15) is 0 Å². The van der Waals surface area contributed by atoms with Gasteiger partial charge in [0, 0.05) is 16.9 Å². The predicted octanol–water partition coefficient (Wildman–Crippen LogP) is 2.31. The van der Waals surface area contributed by atoms with Gasteiger partial charge in [0.2, 0.25) is 10.0 Å². The molecule has 0 unspecified atom stereocenters. The van der Waals surface area contributed by atoms with Gasteiger partial charge in [0.1, 0.15) is 0 Å². The zero-order valence-electron chi connectivity index (χ0n) is 10.8. The van der Waals surface area contributed by atoms with Gasteiger partial charge in [-0.1, -0.05) is 18.2 Å². The van der Waals surface area contributed by atoms with E-state index in [0.717, 1.165) is 6.26 Å². The fourth-order valence-electron chi connectivity index (χ4n) is 1.63. The molecule has 0 radical (unpaired) electrons. The molecule has 1 amide bonds. The van der Waals surface area contributed by atoms with Crippen molar-refractivity contribution in [3.05, 3.63) is 60.2 Å². The summed E-state index contributed by atoms with van der Waals surface area (Å²) in [6, 6.07) is 15.3. The van der Waals surface area contributed by atoms with Crippen molar-refractivity contribution < 1.29 is 13.2 Å². The second-order valence-electron chi connectivity index (χ2n) is 4.27. The van der Waals surface area contributed by atoms with Crippen LogP contribution in [0.25, 0.3) is 0 Å². The first-order valence-electron chi connectivity index (χ1n) is 5.88. The van der Waals surface area contributed by atoms with Crippen LogP contribution in [0.5, 0.6) is 0 Å². The van der Waals surface area contributed by atoms with E-state index >= 15 is 0 Å². The Morgan fingerprint density at radius 1 is 0.900 bits per heavy atom. The Morgan fingerprint density at radius 3 is 2.05 bits per heavy atom. The molecule has 2 N–H and O–H groups in total. The zero-order valence-corrected chi connectivity index (χ0v) is 11.6. The number of hydrogen-bond acceptors (Lipinski definition) is 3. The maximum Gasteiger partial charge on any atom is 0.255 e. The number of hydrogen-bond donors (Lipinski definition) is 2. The van der Waals surface area contributed by atoms with Crippen molar-refractivity contribution in [3.63, 3.8) is 0 Å². The molecular weight excluding hydrogens is 276 g/mol. The minimum absolute atomic E-state index is 0.248. The fraction of sp³-hybridized carbons (Fsp3) is 0.0714. The van der Waals surface area contributed by atoms with Crippen LogP contribution in [0.1, 0.15) is 10.4 Å². The Morgan fingerprint density at radius 2 is 1.50 bits per heavy atom. The Labute approximate surface area is 117 Å². The number of carbonyl (C=O) groups is 1. The molecule has 0 aliphatic rings. The third-order valence-electron chi connectivity index (χ3n) is 2.48. The Kier molecular flexibility index (Phi) is 4.05. The molecule has 0 aromatic heterocycles. The summed E-state index contributed by atoms with van der Waals surface area (Å²) in [5.41, 5.74) is 1.58. The Hall–Kier alpha value is -2.34. The summed E-state index contributed by atoms with van der Waals surface area (Å²) >= 11 is 0. The monoisotopic (exact) mass is 290 g/mol. The van der Waals surface area contributed by atoms with Gasteiger partial charge in [-0.25, -0.2) is 8.42 Å². The maximum absolute atomic E-state index is 12.0. The largest absolute Gasteiger partial charge is 0.322 e. The van der Waals surface area contributed by atoms with Crippen molar-refractivity contribution in [1.82, 2.24) is 0 Å². The van der Waals surface area contributed by atoms with Crippen LogP contribution < -0.4 is 10.0 Å². The van der Waals surface area contributed by atoms with Crippen molar-refractivity contribution in [2.45, 2.75) is 0 Å². The summed E-state index contributed by atoms with van der Waals surface area (Å²) in [4.78, 5) is 12.0. The number of nitrogens with one attached hydrogen (secondary N) is 2. The molecule has 0 atom stereocenters. The minimum atomic E-state index is -3.31. The molecule has 0 aliphatic heterocycles.